The number of aliphatic hydroxyl groups is 1. The van der Waals surface area contributed by atoms with Gasteiger partial charge in [-0.3, -0.25) is 14.3 Å². The largest absolute Gasteiger partial charge is 0.390 e. The number of aliphatic hydroxyl groups excluding tert-OH is 1. The van der Waals surface area contributed by atoms with E-state index in [-0.39, 0.29) is 13.0 Å². The average molecular weight is 227 g/mol. The molecule has 1 aromatic rings. The molecule has 1 aromatic heterocycles. The zero-order valence-corrected chi connectivity index (χ0v) is 8.50. The number of ether oxygens (including phenoxy) is 1. The Morgan fingerprint density at radius 1 is 1.62 bits per heavy atom. The highest BCUT2D eigenvalue weighted by atomic mass is 16.5. The Kier molecular flexibility index (Phi) is 2.90. The van der Waals surface area contributed by atoms with Gasteiger partial charge in [0.2, 0.25) is 0 Å². The van der Waals surface area contributed by atoms with Crippen LogP contribution in [0.1, 0.15) is 12.6 Å². The summed E-state index contributed by atoms with van der Waals surface area (Å²) in [7, 11) is 0. The van der Waals surface area contributed by atoms with E-state index >= 15 is 0 Å². The van der Waals surface area contributed by atoms with Crippen LogP contribution in [0.15, 0.2) is 21.9 Å². The Hall–Kier alpha value is -1.44. The molecule has 16 heavy (non-hydrogen) atoms. The van der Waals surface area contributed by atoms with Crippen LogP contribution < -0.4 is 17.0 Å². The minimum atomic E-state index is -0.686. The number of aromatic nitrogens is 2. The highest BCUT2D eigenvalue weighted by molar-refractivity contribution is 4.88. The van der Waals surface area contributed by atoms with E-state index in [1.165, 1.54) is 16.8 Å². The van der Waals surface area contributed by atoms with Crippen molar-refractivity contribution in [2.75, 3.05) is 6.54 Å². The smallest absolute Gasteiger partial charge is 0.330 e. The Morgan fingerprint density at radius 2 is 2.38 bits per heavy atom. The van der Waals surface area contributed by atoms with Crippen LogP contribution in [0.3, 0.4) is 0 Å². The summed E-state index contributed by atoms with van der Waals surface area (Å²) in [6, 6.07) is 1.23. The van der Waals surface area contributed by atoms with Crippen LogP contribution >= 0.6 is 0 Å². The fourth-order valence-electron chi connectivity index (χ4n) is 1.75. The van der Waals surface area contributed by atoms with Gasteiger partial charge < -0.3 is 15.6 Å². The number of nitrogens with one attached hydrogen (secondary N) is 1. The first-order valence-electron chi connectivity index (χ1n) is 4.97. The van der Waals surface area contributed by atoms with E-state index in [1.807, 2.05) is 0 Å². The fraction of sp³-hybridized carbons (Fsp3) is 0.556. The van der Waals surface area contributed by atoms with Crippen molar-refractivity contribution in [2.45, 2.75) is 24.9 Å². The average Bonchev–Trinajstić information content (AvgIpc) is 2.59. The molecule has 4 N–H and O–H groups in total. The normalized spacial score (nSPS) is 29.5. The molecule has 2 heterocycles. The molecule has 0 radical (unpaired) electrons. The second-order valence-electron chi connectivity index (χ2n) is 3.69. The number of nitrogens with two attached hydrogens (primary N) is 1. The zero-order valence-electron chi connectivity index (χ0n) is 8.50. The van der Waals surface area contributed by atoms with E-state index < -0.39 is 29.7 Å². The first kappa shape index (κ1) is 11.1. The van der Waals surface area contributed by atoms with Crippen LogP contribution in [0.25, 0.3) is 0 Å². The first-order valence-corrected chi connectivity index (χ1v) is 4.97. The van der Waals surface area contributed by atoms with Crippen LogP contribution in [0, 0.1) is 0 Å². The molecule has 0 spiro atoms. The van der Waals surface area contributed by atoms with Gasteiger partial charge in [0.15, 0.2) is 0 Å². The molecule has 0 saturated carbocycles. The Balaban J connectivity index is 2.27. The molecule has 1 saturated heterocycles. The lowest BCUT2D eigenvalue weighted by Gasteiger charge is -2.13. The summed E-state index contributed by atoms with van der Waals surface area (Å²) in [6.07, 6.45) is -0.101. The Labute approximate surface area is 90.5 Å². The van der Waals surface area contributed by atoms with Crippen molar-refractivity contribution >= 4 is 0 Å². The molecule has 0 unspecified atom stereocenters. The molecule has 0 aliphatic carbocycles. The van der Waals surface area contributed by atoms with Crippen LogP contribution in [-0.2, 0) is 4.74 Å². The SMILES string of the molecule is NC[C@H]1O[C@@H](n2ccc(=O)[nH]c2=O)C[C@H]1O. The summed E-state index contributed by atoms with van der Waals surface area (Å²) in [4.78, 5) is 24.4. The number of hydrogen-bond donors (Lipinski definition) is 3. The second-order valence-corrected chi connectivity index (χ2v) is 3.69. The number of H-pyrrole nitrogens is 1. The molecule has 1 fully saturated rings. The van der Waals surface area contributed by atoms with Crippen LogP contribution in [0.4, 0.5) is 0 Å². The van der Waals surface area contributed by atoms with Gasteiger partial charge in [-0.25, -0.2) is 4.79 Å². The number of hydrogen-bond acceptors (Lipinski definition) is 5. The zero-order chi connectivity index (χ0) is 11.7. The van der Waals surface area contributed by atoms with E-state index in [0.717, 1.165) is 0 Å². The standard InChI is InChI=1S/C9H13N3O4/c10-4-6-5(13)3-8(16-6)12-2-1-7(14)11-9(12)15/h1-2,5-6,8,13H,3-4,10H2,(H,11,14,15)/t5-,6-,8-/m1/s1. The third kappa shape index (κ3) is 1.92. The summed E-state index contributed by atoms with van der Waals surface area (Å²) >= 11 is 0. The molecule has 7 heteroatoms. The minimum absolute atomic E-state index is 0.190. The van der Waals surface area contributed by atoms with Crippen molar-refractivity contribution < 1.29 is 9.84 Å². The summed E-state index contributed by atoms with van der Waals surface area (Å²) in [5, 5.41) is 9.57. The van der Waals surface area contributed by atoms with Gasteiger partial charge in [0.05, 0.1) is 12.2 Å². The van der Waals surface area contributed by atoms with Crippen molar-refractivity contribution in [3.63, 3.8) is 0 Å². The van der Waals surface area contributed by atoms with Crippen LogP contribution in [-0.4, -0.2) is 33.4 Å². The molecule has 0 amide bonds. The van der Waals surface area contributed by atoms with E-state index in [9.17, 15) is 14.7 Å². The molecule has 7 nitrogen and oxygen atoms in total. The molecule has 88 valence electrons. The molecular weight excluding hydrogens is 214 g/mol. The quantitative estimate of drug-likeness (QED) is 0.549. The van der Waals surface area contributed by atoms with Gasteiger partial charge in [-0.1, -0.05) is 0 Å². The van der Waals surface area contributed by atoms with Crippen molar-refractivity contribution in [1.82, 2.24) is 9.55 Å². The summed E-state index contributed by atoms with van der Waals surface area (Å²) in [6.45, 7) is 0.190. The number of rotatable bonds is 2. The van der Waals surface area contributed by atoms with E-state index in [1.54, 1.807) is 0 Å². The van der Waals surface area contributed by atoms with E-state index in [4.69, 9.17) is 10.5 Å². The maximum absolute atomic E-state index is 11.4. The van der Waals surface area contributed by atoms with Gasteiger partial charge in [0, 0.05) is 25.2 Å². The third-order valence-corrected chi connectivity index (χ3v) is 2.60. The lowest BCUT2D eigenvalue weighted by Crippen LogP contribution is -2.32. The van der Waals surface area contributed by atoms with Crippen LogP contribution in [0.2, 0.25) is 0 Å². The van der Waals surface area contributed by atoms with Crippen molar-refractivity contribution in [2.24, 2.45) is 5.73 Å². The lowest BCUT2D eigenvalue weighted by atomic mass is 10.2. The molecule has 2 rings (SSSR count). The summed E-state index contributed by atoms with van der Waals surface area (Å²) < 4.78 is 6.63. The fourth-order valence-corrected chi connectivity index (χ4v) is 1.75. The van der Waals surface area contributed by atoms with Crippen molar-refractivity contribution in [3.8, 4) is 0 Å². The van der Waals surface area contributed by atoms with Gasteiger partial charge in [0.1, 0.15) is 6.23 Å². The number of nitrogens with zero attached hydrogens (tertiary/aromatic N) is 1. The molecular formula is C9H13N3O4. The Bertz CT molecular complexity index is 480. The number of aromatic amines is 1. The highest BCUT2D eigenvalue weighted by Gasteiger charge is 2.34. The monoisotopic (exact) mass is 227 g/mol. The van der Waals surface area contributed by atoms with E-state index in [2.05, 4.69) is 4.98 Å². The maximum atomic E-state index is 11.4. The van der Waals surface area contributed by atoms with Gasteiger partial charge in [-0.05, 0) is 0 Å². The summed E-state index contributed by atoms with van der Waals surface area (Å²) in [5.74, 6) is 0. The molecule has 0 bridgehead atoms. The summed E-state index contributed by atoms with van der Waals surface area (Å²) in [5.41, 5.74) is 4.38. The minimum Gasteiger partial charge on any atom is -0.390 e. The Morgan fingerprint density at radius 3 is 2.94 bits per heavy atom. The molecule has 1 aliphatic rings. The van der Waals surface area contributed by atoms with Gasteiger partial charge in [-0.2, -0.15) is 0 Å². The lowest BCUT2D eigenvalue weighted by molar-refractivity contribution is -0.0151. The third-order valence-electron chi connectivity index (χ3n) is 2.60. The van der Waals surface area contributed by atoms with Gasteiger partial charge in [0.25, 0.3) is 5.56 Å². The van der Waals surface area contributed by atoms with Gasteiger partial charge >= 0.3 is 5.69 Å². The molecule has 1 aliphatic heterocycles. The predicted octanol–water partition coefficient (Wildman–Crippen LogP) is -1.86. The van der Waals surface area contributed by atoms with Crippen molar-refractivity contribution in [1.29, 1.82) is 0 Å². The van der Waals surface area contributed by atoms with Crippen molar-refractivity contribution in [3.05, 3.63) is 33.1 Å². The molecule has 0 aromatic carbocycles. The van der Waals surface area contributed by atoms with E-state index in [0.29, 0.717) is 0 Å². The maximum Gasteiger partial charge on any atom is 0.330 e. The molecule has 3 atom stereocenters. The van der Waals surface area contributed by atoms with Gasteiger partial charge in [-0.15, -0.1) is 0 Å². The second kappa shape index (κ2) is 4.20. The predicted molar refractivity (Wildman–Crippen MR) is 54.9 cm³/mol. The van der Waals surface area contributed by atoms with Crippen LogP contribution in [0.5, 0.6) is 0 Å². The topological polar surface area (TPSA) is 110 Å². The first-order chi connectivity index (χ1) is 7.61. The highest BCUT2D eigenvalue weighted by Crippen LogP contribution is 2.26.